The molecule has 0 bridgehead atoms. The fraction of sp³-hybridized carbons (Fsp3) is 0.562. The maximum absolute atomic E-state index is 12.0. The fourth-order valence-corrected chi connectivity index (χ4v) is 2.80. The summed E-state index contributed by atoms with van der Waals surface area (Å²) in [5.41, 5.74) is 1.24. The second-order valence-electron chi connectivity index (χ2n) is 4.83. The Labute approximate surface area is 132 Å². The average molecular weight is 310 g/mol. The molecule has 1 atom stereocenters. The Kier molecular flexibility index (Phi) is 9.14. The van der Waals surface area contributed by atoms with Crippen molar-refractivity contribution in [2.45, 2.75) is 37.0 Å². The minimum Gasteiger partial charge on any atom is -0.385 e. The first-order chi connectivity index (χ1) is 10.2. The highest BCUT2D eigenvalue weighted by molar-refractivity contribution is 8.00. The van der Waals surface area contributed by atoms with Crippen molar-refractivity contribution in [1.29, 1.82) is 0 Å². The van der Waals surface area contributed by atoms with E-state index in [9.17, 15) is 4.79 Å². The number of nitrogens with one attached hydrogen (secondary N) is 2. The molecule has 2 N–H and O–H groups in total. The smallest absolute Gasteiger partial charge is 0.233 e. The number of carbonyl (C=O) groups excluding carboxylic acids is 1. The first-order valence-electron chi connectivity index (χ1n) is 7.40. The van der Waals surface area contributed by atoms with Crippen LogP contribution in [-0.2, 0) is 16.1 Å². The summed E-state index contributed by atoms with van der Waals surface area (Å²) in [6.07, 6.45) is 0.845. The fourth-order valence-electron chi connectivity index (χ4n) is 1.83. The maximum Gasteiger partial charge on any atom is 0.233 e. The summed E-state index contributed by atoms with van der Waals surface area (Å²) < 4.78 is 4.96. The van der Waals surface area contributed by atoms with Crippen molar-refractivity contribution >= 4 is 17.7 Å². The third-order valence-corrected chi connectivity index (χ3v) is 4.08. The quantitative estimate of drug-likeness (QED) is 0.515. The van der Waals surface area contributed by atoms with Crippen LogP contribution in [0.5, 0.6) is 0 Å². The zero-order valence-corrected chi connectivity index (χ0v) is 14.0. The molecule has 0 aliphatic carbocycles. The molecule has 1 aromatic rings. The van der Waals surface area contributed by atoms with E-state index >= 15 is 0 Å². The van der Waals surface area contributed by atoms with Gasteiger partial charge in [0.25, 0.3) is 0 Å². The molecule has 0 saturated heterocycles. The van der Waals surface area contributed by atoms with Crippen LogP contribution in [0.3, 0.4) is 0 Å². The zero-order chi connectivity index (χ0) is 15.5. The van der Waals surface area contributed by atoms with Gasteiger partial charge in [-0.15, -0.1) is 11.8 Å². The summed E-state index contributed by atoms with van der Waals surface area (Å²) in [5.74, 6) is 0.0770. The Morgan fingerprint density at radius 3 is 2.95 bits per heavy atom. The van der Waals surface area contributed by atoms with E-state index in [-0.39, 0.29) is 11.2 Å². The van der Waals surface area contributed by atoms with Gasteiger partial charge in [-0.25, -0.2) is 0 Å². The predicted octanol–water partition coefficient (Wildman–Crippen LogP) is 2.43. The van der Waals surface area contributed by atoms with E-state index in [1.54, 1.807) is 18.9 Å². The molecule has 1 unspecified atom stereocenters. The topological polar surface area (TPSA) is 50.4 Å². The number of ether oxygens (including phenoxy) is 1. The highest BCUT2D eigenvalue weighted by Crippen LogP contribution is 2.24. The van der Waals surface area contributed by atoms with Gasteiger partial charge in [0.1, 0.15) is 0 Å². The van der Waals surface area contributed by atoms with Crippen molar-refractivity contribution in [3.8, 4) is 0 Å². The molecule has 21 heavy (non-hydrogen) atoms. The minimum absolute atomic E-state index is 0.0770. The number of hydrogen-bond acceptors (Lipinski definition) is 4. The number of thioether (sulfide) groups is 1. The first-order valence-corrected chi connectivity index (χ1v) is 8.28. The van der Waals surface area contributed by atoms with Crippen LogP contribution in [0.4, 0.5) is 0 Å². The molecule has 0 radical (unpaired) electrons. The number of rotatable bonds is 10. The van der Waals surface area contributed by atoms with Crippen molar-refractivity contribution in [2.24, 2.45) is 0 Å². The molecule has 0 aromatic heterocycles. The molecule has 0 fully saturated rings. The molecular weight excluding hydrogens is 284 g/mol. The van der Waals surface area contributed by atoms with E-state index in [1.165, 1.54) is 5.56 Å². The van der Waals surface area contributed by atoms with Crippen molar-refractivity contribution < 1.29 is 9.53 Å². The van der Waals surface area contributed by atoms with Gasteiger partial charge in [0.05, 0.1) is 5.25 Å². The standard InChI is InChI=1S/C16H26N2O2S/c1-4-17-12-14-7-5-8-15(11-14)21-13(2)16(19)18-9-6-10-20-3/h5,7-8,11,13,17H,4,6,9-10,12H2,1-3H3,(H,18,19). The van der Waals surface area contributed by atoms with Gasteiger partial charge in [-0.1, -0.05) is 19.1 Å². The van der Waals surface area contributed by atoms with Crippen molar-refractivity contribution in [1.82, 2.24) is 10.6 Å². The monoisotopic (exact) mass is 310 g/mol. The van der Waals surface area contributed by atoms with Gasteiger partial charge in [-0.05, 0) is 37.6 Å². The highest BCUT2D eigenvalue weighted by Gasteiger charge is 2.13. The van der Waals surface area contributed by atoms with Crippen molar-refractivity contribution in [2.75, 3.05) is 26.8 Å². The molecule has 1 amide bonds. The van der Waals surface area contributed by atoms with Crippen LogP contribution in [0, 0.1) is 0 Å². The molecule has 5 heteroatoms. The summed E-state index contributed by atoms with van der Waals surface area (Å²) in [5, 5.41) is 6.15. The lowest BCUT2D eigenvalue weighted by Gasteiger charge is -2.12. The normalized spacial score (nSPS) is 12.1. The largest absolute Gasteiger partial charge is 0.385 e. The Bertz CT molecular complexity index is 426. The summed E-state index contributed by atoms with van der Waals surface area (Å²) in [6, 6.07) is 8.33. The van der Waals surface area contributed by atoms with Crippen LogP contribution >= 0.6 is 11.8 Å². The molecule has 118 valence electrons. The summed E-state index contributed by atoms with van der Waals surface area (Å²) in [4.78, 5) is 13.1. The van der Waals surface area contributed by atoms with E-state index in [0.29, 0.717) is 13.2 Å². The predicted molar refractivity (Wildman–Crippen MR) is 88.6 cm³/mol. The Morgan fingerprint density at radius 1 is 1.43 bits per heavy atom. The molecule has 0 spiro atoms. The molecule has 1 rings (SSSR count). The van der Waals surface area contributed by atoms with Gasteiger partial charge in [-0.2, -0.15) is 0 Å². The number of hydrogen-bond donors (Lipinski definition) is 2. The number of benzene rings is 1. The van der Waals surface area contributed by atoms with Gasteiger partial charge in [0.15, 0.2) is 0 Å². The SMILES string of the molecule is CCNCc1cccc(SC(C)C(=O)NCCCOC)c1. The van der Waals surface area contributed by atoms with Crippen LogP contribution < -0.4 is 10.6 Å². The lowest BCUT2D eigenvalue weighted by molar-refractivity contribution is -0.120. The van der Waals surface area contributed by atoms with Gasteiger partial charge in [0.2, 0.25) is 5.91 Å². The molecule has 0 saturated carbocycles. The third-order valence-electron chi connectivity index (χ3n) is 2.98. The molecular formula is C16H26N2O2S. The van der Waals surface area contributed by atoms with Crippen LogP contribution in [0.15, 0.2) is 29.2 Å². The number of amides is 1. The first kappa shape index (κ1) is 18.0. The van der Waals surface area contributed by atoms with E-state index in [2.05, 4.69) is 35.8 Å². The lowest BCUT2D eigenvalue weighted by atomic mass is 10.2. The maximum atomic E-state index is 12.0. The molecule has 0 aliphatic heterocycles. The molecule has 0 heterocycles. The zero-order valence-electron chi connectivity index (χ0n) is 13.1. The number of carbonyl (C=O) groups is 1. The molecule has 4 nitrogen and oxygen atoms in total. The van der Waals surface area contributed by atoms with Gasteiger partial charge >= 0.3 is 0 Å². The van der Waals surface area contributed by atoms with Gasteiger partial charge in [0, 0.05) is 31.7 Å². The third kappa shape index (κ3) is 7.50. The Balaban J connectivity index is 2.42. The second kappa shape index (κ2) is 10.7. The number of methoxy groups -OCH3 is 1. The average Bonchev–Trinajstić information content (AvgIpc) is 2.49. The summed E-state index contributed by atoms with van der Waals surface area (Å²) in [7, 11) is 1.67. The Hall–Kier alpha value is -1.04. The minimum atomic E-state index is -0.0954. The van der Waals surface area contributed by atoms with Crippen LogP contribution in [-0.4, -0.2) is 38.0 Å². The van der Waals surface area contributed by atoms with Crippen molar-refractivity contribution in [3.05, 3.63) is 29.8 Å². The van der Waals surface area contributed by atoms with Crippen molar-refractivity contribution in [3.63, 3.8) is 0 Å². The van der Waals surface area contributed by atoms with Crippen LogP contribution in [0.2, 0.25) is 0 Å². The Morgan fingerprint density at radius 2 is 2.24 bits per heavy atom. The van der Waals surface area contributed by atoms with E-state index < -0.39 is 0 Å². The summed E-state index contributed by atoms with van der Waals surface area (Å²) in [6.45, 7) is 7.19. The molecule has 0 aliphatic rings. The lowest BCUT2D eigenvalue weighted by Crippen LogP contribution is -2.32. The van der Waals surface area contributed by atoms with Gasteiger partial charge in [-0.3, -0.25) is 4.79 Å². The van der Waals surface area contributed by atoms with Gasteiger partial charge < -0.3 is 15.4 Å². The molecule has 1 aromatic carbocycles. The summed E-state index contributed by atoms with van der Waals surface area (Å²) >= 11 is 1.59. The van der Waals surface area contributed by atoms with E-state index in [1.807, 2.05) is 13.0 Å². The van der Waals surface area contributed by atoms with Crippen LogP contribution in [0.1, 0.15) is 25.8 Å². The second-order valence-corrected chi connectivity index (χ2v) is 6.24. The van der Waals surface area contributed by atoms with E-state index in [0.717, 1.165) is 24.4 Å². The highest BCUT2D eigenvalue weighted by atomic mass is 32.2. The van der Waals surface area contributed by atoms with E-state index in [4.69, 9.17) is 4.74 Å². The van der Waals surface area contributed by atoms with Crippen LogP contribution in [0.25, 0.3) is 0 Å².